The number of halogens is 2. The maximum atomic E-state index is 16.4. The van der Waals surface area contributed by atoms with E-state index in [1.807, 2.05) is 39.8 Å². The molecule has 0 bridgehead atoms. The fourth-order valence-electron chi connectivity index (χ4n) is 6.53. The van der Waals surface area contributed by atoms with Crippen LogP contribution in [-0.4, -0.2) is 53.2 Å². The lowest BCUT2D eigenvalue weighted by Gasteiger charge is -2.38. The molecule has 10 nitrogen and oxygen atoms in total. The van der Waals surface area contributed by atoms with Crippen LogP contribution in [0.3, 0.4) is 0 Å². The van der Waals surface area contributed by atoms with Crippen LogP contribution in [-0.2, 0) is 4.79 Å². The molecule has 0 radical (unpaired) electrons. The van der Waals surface area contributed by atoms with Crippen molar-refractivity contribution in [1.29, 1.82) is 0 Å². The Labute approximate surface area is 257 Å². The predicted molar refractivity (Wildman–Crippen MR) is 168 cm³/mol. The van der Waals surface area contributed by atoms with E-state index in [-0.39, 0.29) is 48.2 Å². The molecular formula is C33H33F2N7O3. The van der Waals surface area contributed by atoms with E-state index in [0.29, 0.717) is 33.4 Å². The molecule has 1 aliphatic heterocycles. The molecule has 2 atom stereocenters. The number of hydrogen-bond acceptors (Lipinski definition) is 6. The number of pyridine rings is 2. The topological polar surface area (TPSA) is 119 Å². The molecule has 5 aromatic rings. The number of piperidine rings is 1. The monoisotopic (exact) mass is 613 g/mol. The van der Waals surface area contributed by atoms with Gasteiger partial charge in [-0.15, -0.1) is 0 Å². The van der Waals surface area contributed by atoms with E-state index in [4.69, 9.17) is 4.98 Å². The number of fused-ring (bicyclic) bond motifs is 2. The van der Waals surface area contributed by atoms with Crippen LogP contribution < -0.4 is 11.1 Å². The lowest BCUT2D eigenvalue weighted by molar-refractivity contribution is -0.130. The molecule has 0 spiro atoms. The van der Waals surface area contributed by atoms with Crippen molar-refractivity contribution in [3.05, 3.63) is 92.4 Å². The number of aryl methyl sites for hydroxylation is 2. The van der Waals surface area contributed by atoms with E-state index < -0.39 is 34.7 Å². The minimum absolute atomic E-state index is 0.00733. The number of nitrogens with one attached hydrogen (secondary N) is 1. The summed E-state index contributed by atoms with van der Waals surface area (Å²) in [6, 6.07) is 6.09. The third kappa shape index (κ3) is 4.84. The summed E-state index contributed by atoms with van der Waals surface area (Å²) < 4.78 is 32.6. The molecule has 1 amide bonds. The van der Waals surface area contributed by atoms with Gasteiger partial charge in [-0.1, -0.05) is 33.4 Å². The molecule has 1 fully saturated rings. The number of likely N-dealkylation sites (tertiary alicyclic amines) is 1. The van der Waals surface area contributed by atoms with E-state index in [2.05, 4.69) is 21.8 Å². The highest BCUT2D eigenvalue weighted by molar-refractivity contribution is 5.96. The lowest BCUT2D eigenvalue weighted by Crippen LogP contribution is -2.49. The zero-order chi connectivity index (χ0) is 32.3. The number of aromatic amines is 1. The normalized spacial score (nSPS) is 17.0. The highest BCUT2D eigenvalue weighted by Gasteiger charge is 2.34. The van der Waals surface area contributed by atoms with E-state index in [0.717, 1.165) is 5.56 Å². The first kappa shape index (κ1) is 30.0. The number of H-pyrrole nitrogens is 1. The molecular weight excluding hydrogens is 580 g/mol. The number of carbonyl (C=O) groups excluding carboxylic acids is 1. The number of hydrogen-bond donors (Lipinski definition) is 1. The second-order valence-corrected chi connectivity index (χ2v) is 12.1. The number of aromatic nitrogens is 6. The van der Waals surface area contributed by atoms with E-state index in [9.17, 15) is 18.8 Å². The van der Waals surface area contributed by atoms with Crippen LogP contribution in [0.4, 0.5) is 8.78 Å². The molecule has 6 rings (SSSR count). The van der Waals surface area contributed by atoms with Gasteiger partial charge in [-0.05, 0) is 55.4 Å². The van der Waals surface area contributed by atoms with Crippen molar-refractivity contribution < 1.29 is 13.6 Å². The third-order valence-electron chi connectivity index (χ3n) is 8.72. The van der Waals surface area contributed by atoms with Gasteiger partial charge in [-0.2, -0.15) is 5.10 Å². The highest BCUT2D eigenvalue weighted by atomic mass is 19.1. The second kappa shape index (κ2) is 11.2. The minimum atomic E-state index is -1.07. The minimum Gasteiger partial charge on any atom is -0.336 e. The van der Waals surface area contributed by atoms with Crippen molar-refractivity contribution in [2.45, 2.75) is 53.0 Å². The van der Waals surface area contributed by atoms with Gasteiger partial charge in [0.05, 0.1) is 28.6 Å². The quantitative estimate of drug-likeness (QED) is 0.214. The standard InChI is InChI=1S/C33H33F2N7O3/c1-16(2)27-29(18(4)9-11-36-27)42-30-25(13-22(35)28(38-30)26-17(3)7-8-23-21(26)14-37-39-23)41(32(44)33(42)45)24-10-12-40(15-19(24)5)31(43)20(6)34/h7-9,11,13-14,16,19,24H,6,10,12,15H2,1-5H3,(H,37,39)/t19-,24?/m1/s1. The van der Waals surface area contributed by atoms with Crippen molar-refractivity contribution in [3.8, 4) is 16.9 Å². The molecule has 1 saturated heterocycles. The van der Waals surface area contributed by atoms with Crippen LogP contribution in [0.15, 0.2) is 58.7 Å². The smallest absolute Gasteiger partial charge is 0.322 e. The molecule has 1 N–H and O–H groups in total. The third-order valence-corrected chi connectivity index (χ3v) is 8.72. The fraction of sp³-hybridized carbons (Fsp3) is 0.333. The first-order valence-electron chi connectivity index (χ1n) is 14.8. The zero-order valence-electron chi connectivity index (χ0n) is 25.7. The summed E-state index contributed by atoms with van der Waals surface area (Å²) in [5.41, 5.74) is 2.17. The number of rotatable bonds is 5. The fourth-order valence-corrected chi connectivity index (χ4v) is 6.53. The Kier molecular flexibility index (Phi) is 7.46. The number of nitrogens with zero attached hydrogens (tertiary/aromatic N) is 6. The van der Waals surface area contributed by atoms with Crippen LogP contribution in [0.25, 0.3) is 39.0 Å². The van der Waals surface area contributed by atoms with E-state index >= 15 is 4.39 Å². The van der Waals surface area contributed by atoms with Crippen molar-refractivity contribution in [3.63, 3.8) is 0 Å². The number of benzene rings is 1. The second-order valence-electron chi connectivity index (χ2n) is 12.1. The Morgan fingerprint density at radius 2 is 1.89 bits per heavy atom. The molecule has 0 saturated carbocycles. The summed E-state index contributed by atoms with van der Waals surface area (Å²) in [5, 5.41) is 7.69. The summed E-state index contributed by atoms with van der Waals surface area (Å²) in [4.78, 5) is 51.4. The molecule has 45 heavy (non-hydrogen) atoms. The van der Waals surface area contributed by atoms with Gasteiger partial charge in [0.2, 0.25) is 0 Å². The Bertz CT molecular complexity index is 2150. The molecule has 1 aliphatic rings. The first-order chi connectivity index (χ1) is 21.4. The Morgan fingerprint density at radius 3 is 2.58 bits per heavy atom. The Hall–Kier alpha value is -5.00. The number of amides is 1. The Morgan fingerprint density at radius 1 is 1.13 bits per heavy atom. The van der Waals surface area contributed by atoms with Crippen LogP contribution in [0, 0.1) is 25.6 Å². The number of carbonyl (C=O) groups is 1. The van der Waals surface area contributed by atoms with Gasteiger partial charge in [0.25, 0.3) is 5.91 Å². The van der Waals surface area contributed by atoms with Crippen molar-refractivity contribution in [1.82, 2.24) is 34.2 Å². The van der Waals surface area contributed by atoms with Crippen LogP contribution >= 0.6 is 0 Å². The molecule has 0 aliphatic carbocycles. The van der Waals surface area contributed by atoms with Crippen molar-refractivity contribution in [2.24, 2.45) is 5.92 Å². The van der Waals surface area contributed by atoms with Crippen LogP contribution in [0.1, 0.15) is 56.0 Å². The summed E-state index contributed by atoms with van der Waals surface area (Å²) in [6.45, 7) is 12.7. The van der Waals surface area contributed by atoms with Crippen molar-refractivity contribution in [2.75, 3.05) is 13.1 Å². The first-order valence-corrected chi connectivity index (χ1v) is 14.8. The highest BCUT2D eigenvalue weighted by Crippen LogP contribution is 2.36. The average molecular weight is 614 g/mol. The Balaban J connectivity index is 1.69. The molecule has 1 aromatic carbocycles. The molecule has 12 heteroatoms. The lowest BCUT2D eigenvalue weighted by atomic mass is 9.93. The van der Waals surface area contributed by atoms with E-state index in [1.54, 1.807) is 25.4 Å². The van der Waals surface area contributed by atoms with Gasteiger partial charge in [-0.25, -0.2) is 13.8 Å². The van der Waals surface area contributed by atoms with Gasteiger partial charge in [0, 0.05) is 42.3 Å². The van der Waals surface area contributed by atoms with Gasteiger partial charge < -0.3 is 4.90 Å². The van der Waals surface area contributed by atoms with Gasteiger partial charge in [0.15, 0.2) is 17.3 Å². The molecule has 5 heterocycles. The molecule has 232 valence electrons. The SMILES string of the molecule is C=C(F)C(=O)N1CCC(n2c(=O)c(=O)n(-c3c(C)ccnc3C(C)C)c3nc(-c4c(C)ccc5[nH]ncc45)c(F)cc32)[C@H](C)C1. The maximum absolute atomic E-state index is 16.4. The molecule has 4 aromatic heterocycles. The van der Waals surface area contributed by atoms with Gasteiger partial charge in [0.1, 0.15) is 5.69 Å². The van der Waals surface area contributed by atoms with Gasteiger partial charge >= 0.3 is 11.1 Å². The van der Waals surface area contributed by atoms with Crippen molar-refractivity contribution >= 4 is 28.0 Å². The average Bonchev–Trinajstić information content (AvgIpc) is 3.47. The van der Waals surface area contributed by atoms with Crippen LogP contribution in [0.2, 0.25) is 0 Å². The van der Waals surface area contributed by atoms with E-state index in [1.165, 1.54) is 20.1 Å². The van der Waals surface area contributed by atoms with Gasteiger partial charge in [-0.3, -0.25) is 33.6 Å². The molecule has 1 unspecified atom stereocenters. The van der Waals surface area contributed by atoms with Crippen LogP contribution in [0.5, 0.6) is 0 Å². The zero-order valence-corrected chi connectivity index (χ0v) is 25.7. The summed E-state index contributed by atoms with van der Waals surface area (Å²) in [7, 11) is 0. The maximum Gasteiger partial charge on any atom is 0.322 e. The summed E-state index contributed by atoms with van der Waals surface area (Å²) in [5.74, 6) is -3.06. The summed E-state index contributed by atoms with van der Waals surface area (Å²) in [6.07, 6.45) is 3.48. The predicted octanol–water partition coefficient (Wildman–Crippen LogP) is 5.26. The summed E-state index contributed by atoms with van der Waals surface area (Å²) >= 11 is 0. The largest absolute Gasteiger partial charge is 0.336 e.